The third-order valence-corrected chi connectivity index (χ3v) is 3.69. The van der Waals surface area contributed by atoms with Crippen molar-refractivity contribution in [2.45, 2.75) is 44.5 Å². The van der Waals surface area contributed by atoms with Gasteiger partial charge in [-0.05, 0) is 19.4 Å². The van der Waals surface area contributed by atoms with E-state index < -0.39 is 35.7 Å². The molecule has 0 amide bonds. The molecule has 1 aliphatic rings. The predicted molar refractivity (Wildman–Crippen MR) is 89.6 cm³/mol. The summed E-state index contributed by atoms with van der Waals surface area (Å²) in [5, 5.41) is 0. The number of cyclic esters (lactones) is 3. The fourth-order valence-electron chi connectivity index (χ4n) is 2.25. The Balaban J connectivity index is 2.05. The van der Waals surface area contributed by atoms with Gasteiger partial charge in [0.1, 0.15) is 5.60 Å². The first kappa shape index (κ1) is 19.5. The topological polar surface area (TPSA) is 88.1 Å². The zero-order chi connectivity index (χ0) is 19.2. The highest BCUT2D eigenvalue weighted by atomic mass is 16.8. The van der Waals surface area contributed by atoms with E-state index in [9.17, 15) is 14.4 Å². The molecule has 0 N–H and O–H groups in total. The molecule has 0 aromatic heterocycles. The summed E-state index contributed by atoms with van der Waals surface area (Å²) >= 11 is 0. The maximum Gasteiger partial charge on any atom is 0.517 e. The van der Waals surface area contributed by atoms with Gasteiger partial charge in [-0.15, -0.1) is 0 Å². The maximum absolute atomic E-state index is 11.9. The highest BCUT2D eigenvalue weighted by molar-refractivity contribution is 5.97. The van der Waals surface area contributed by atoms with Crippen LogP contribution in [0, 0.1) is 11.8 Å². The van der Waals surface area contributed by atoms with Crippen molar-refractivity contribution in [3.05, 3.63) is 35.9 Å². The standard InChI is InChI=1S/C19H20O7/c1-18(2,24-13-14-8-5-4-6-9-14)10-7-11-19(12-15(20)23-3)16(21)25-17(22)26-19/h4-6,8-9H,11-13H2,1-3H3. The van der Waals surface area contributed by atoms with Crippen molar-refractivity contribution in [1.29, 1.82) is 0 Å². The molecular formula is C19H20O7. The Morgan fingerprint density at radius 1 is 1.23 bits per heavy atom. The predicted octanol–water partition coefficient (Wildman–Crippen LogP) is 2.37. The molecule has 0 aliphatic carbocycles. The maximum atomic E-state index is 11.9. The number of hydrogen-bond donors (Lipinski definition) is 0. The normalized spacial score (nSPS) is 19.2. The lowest BCUT2D eigenvalue weighted by Crippen LogP contribution is -2.39. The summed E-state index contributed by atoms with van der Waals surface area (Å²) in [7, 11) is 1.17. The zero-order valence-electron chi connectivity index (χ0n) is 14.9. The van der Waals surface area contributed by atoms with Gasteiger partial charge in [0.2, 0.25) is 5.60 Å². The molecule has 0 spiro atoms. The van der Waals surface area contributed by atoms with E-state index in [1.54, 1.807) is 13.8 Å². The number of benzene rings is 1. The van der Waals surface area contributed by atoms with Crippen LogP contribution in [0.25, 0.3) is 0 Å². The Labute approximate surface area is 151 Å². The first-order valence-electron chi connectivity index (χ1n) is 7.96. The minimum atomic E-state index is -1.79. The molecule has 1 unspecified atom stereocenters. The van der Waals surface area contributed by atoms with Crippen LogP contribution in [-0.2, 0) is 35.1 Å². The highest BCUT2D eigenvalue weighted by Gasteiger charge is 2.53. The second kappa shape index (κ2) is 8.02. The molecule has 1 aromatic rings. The van der Waals surface area contributed by atoms with Crippen LogP contribution >= 0.6 is 0 Å². The lowest BCUT2D eigenvalue weighted by atomic mass is 9.95. The molecule has 1 atom stereocenters. The van der Waals surface area contributed by atoms with Crippen molar-refractivity contribution in [1.82, 2.24) is 0 Å². The first-order chi connectivity index (χ1) is 12.3. The lowest BCUT2D eigenvalue weighted by Gasteiger charge is -2.21. The van der Waals surface area contributed by atoms with Gasteiger partial charge in [-0.2, -0.15) is 0 Å². The Morgan fingerprint density at radius 2 is 1.92 bits per heavy atom. The van der Waals surface area contributed by atoms with E-state index in [1.165, 1.54) is 7.11 Å². The van der Waals surface area contributed by atoms with Crippen molar-refractivity contribution in [2.75, 3.05) is 7.11 Å². The summed E-state index contributed by atoms with van der Waals surface area (Å²) < 4.78 is 19.6. The second-order valence-corrected chi connectivity index (χ2v) is 6.25. The lowest BCUT2D eigenvalue weighted by molar-refractivity contribution is -0.153. The van der Waals surface area contributed by atoms with E-state index >= 15 is 0 Å². The molecule has 1 heterocycles. The van der Waals surface area contributed by atoms with Crippen LogP contribution in [0.5, 0.6) is 0 Å². The molecule has 1 saturated heterocycles. The molecule has 0 bridgehead atoms. The van der Waals surface area contributed by atoms with Gasteiger partial charge < -0.3 is 18.9 Å². The van der Waals surface area contributed by atoms with Crippen molar-refractivity contribution in [3.63, 3.8) is 0 Å². The Bertz CT molecular complexity index is 742. The summed E-state index contributed by atoms with van der Waals surface area (Å²) in [4.78, 5) is 34.8. The first-order valence-corrected chi connectivity index (χ1v) is 7.96. The molecule has 138 valence electrons. The minimum absolute atomic E-state index is 0.204. The van der Waals surface area contributed by atoms with E-state index in [2.05, 4.69) is 21.3 Å². The van der Waals surface area contributed by atoms with Gasteiger partial charge in [-0.3, -0.25) is 4.79 Å². The molecule has 1 fully saturated rings. The zero-order valence-corrected chi connectivity index (χ0v) is 14.9. The van der Waals surface area contributed by atoms with Crippen molar-refractivity contribution >= 4 is 18.1 Å². The third kappa shape index (κ3) is 5.07. The number of hydrogen-bond acceptors (Lipinski definition) is 7. The van der Waals surface area contributed by atoms with Crippen LogP contribution < -0.4 is 0 Å². The smallest absolute Gasteiger partial charge is 0.469 e. The molecule has 1 aromatic carbocycles. The number of carbonyl (C=O) groups excluding carboxylic acids is 3. The molecule has 7 heteroatoms. The summed E-state index contributed by atoms with van der Waals surface area (Å²) in [6, 6.07) is 9.60. The van der Waals surface area contributed by atoms with Crippen LogP contribution in [0.2, 0.25) is 0 Å². The number of ether oxygens (including phenoxy) is 4. The van der Waals surface area contributed by atoms with Crippen LogP contribution in [0.15, 0.2) is 30.3 Å². The largest absolute Gasteiger partial charge is 0.517 e. The van der Waals surface area contributed by atoms with E-state index in [4.69, 9.17) is 9.47 Å². The Morgan fingerprint density at radius 3 is 2.50 bits per heavy atom. The Hall–Kier alpha value is -2.85. The van der Waals surface area contributed by atoms with E-state index in [-0.39, 0.29) is 6.42 Å². The van der Waals surface area contributed by atoms with Crippen LogP contribution in [0.3, 0.4) is 0 Å². The van der Waals surface area contributed by atoms with Crippen molar-refractivity contribution in [3.8, 4) is 11.8 Å². The summed E-state index contributed by atoms with van der Waals surface area (Å²) in [6.07, 6.45) is -1.82. The molecule has 2 rings (SSSR count). The van der Waals surface area contributed by atoms with Crippen LogP contribution in [0.1, 0.15) is 32.3 Å². The Kier molecular flexibility index (Phi) is 6.01. The van der Waals surface area contributed by atoms with E-state index in [1.807, 2.05) is 30.3 Å². The minimum Gasteiger partial charge on any atom is -0.469 e. The summed E-state index contributed by atoms with van der Waals surface area (Å²) in [5.41, 5.74) is -1.60. The molecule has 26 heavy (non-hydrogen) atoms. The molecular weight excluding hydrogens is 340 g/mol. The SMILES string of the molecule is COC(=O)CC1(CC#CC(C)(C)OCc2ccccc2)OC(=O)OC1=O. The average Bonchev–Trinajstić information content (AvgIpc) is 2.87. The van der Waals surface area contributed by atoms with Gasteiger partial charge in [0.15, 0.2) is 0 Å². The number of carbonyl (C=O) groups is 3. The average molecular weight is 360 g/mol. The van der Waals surface area contributed by atoms with Gasteiger partial charge in [-0.25, -0.2) is 9.59 Å². The summed E-state index contributed by atoms with van der Waals surface area (Å²) in [5.74, 6) is 3.98. The number of rotatable bonds is 6. The second-order valence-electron chi connectivity index (χ2n) is 6.25. The summed E-state index contributed by atoms with van der Waals surface area (Å²) in [6.45, 7) is 3.91. The van der Waals surface area contributed by atoms with Gasteiger partial charge in [0, 0.05) is 0 Å². The van der Waals surface area contributed by atoms with Gasteiger partial charge in [0.05, 0.1) is 26.6 Å². The van der Waals surface area contributed by atoms with Crippen LogP contribution in [-0.4, -0.2) is 36.4 Å². The highest BCUT2D eigenvalue weighted by Crippen LogP contribution is 2.29. The molecule has 0 saturated carbocycles. The van der Waals surface area contributed by atoms with E-state index in [0.717, 1.165) is 5.56 Å². The third-order valence-electron chi connectivity index (χ3n) is 3.69. The van der Waals surface area contributed by atoms with Crippen LogP contribution in [0.4, 0.5) is 4.79 Å². The van der Waals surface area contributed by atoms with Crippen molar-refractivity contribution < 1.29 is 33.3 Å². The molecule has 7 nitrogen and oxygen atoms in total. The molecule has 0 radical (unpaired) electrons. The van der Waals surface area contributed by atoms with Gasteiger partial charge in [-0.1, -0.05) is 42.2 Å². The fraction of sp³-hybridized carbons (Fsp3) is 0.421. The van der Waals surface area contributed by atoms with E-state index in [0.29, 0.717) is 6.61 Å². The monoisotopic (exact) mass is 360 g/mol. The quantitative estimate of drug-likeness (QED) is 0.437. The molecule has 1 aliphatic heterocycles. The van der Waals surface area contributed by atoms with Crippen molar-refractivity contribution in [2.24, 2.45) is 0 Å². The van der Waals surface area contributed by atoms with Gasteiger partial charge >= 0.3 is 18.1 Å². The fourth-order valence-corrected chi connectivity index (χ4v) is 2.25. The number of methoxy groups -OCH3 is 1. The van der Waals surface area contributed by atoms with Gasteiger partial charge in [0.25, 0.3) is 0 Å². The number of esters is 2.